The second-order valence-electron chi connectivity index (χ2n) is 4.09. The van der Waals surface area contributed by atoms with Crippen LogP contribution in [0.5, 0.6) is 0 Å². The van der Waals surface area contributed by atoms with Crippen molar-refractivity contribution in [3.05, 3.63) is 12.2 Å². The fourth-order valence-corrected chi connectivity index (χ4v) is 1.73. The van der Waals surface area contributed by atoms with Gasteiger partial charge in [0.1, 0.15) is 6.33 Å². The molecule has 1 atom stereocenters. The number of aromatic nitrogens is 3. The smallest absolute Gasteiger partial charge is 0.225 e. The highest BCUT2D eigenvalue weighted by molar-refractivity contribution is 5.83. The van der Waals surface area contributed by atoms with Crippen molar-refractivity contribution in [1.82, 2.24) is 25.4 Å². The molecule has 1 unspecified atom stereocenters. The van der Waals surface area contributed by atoms with Gasteiger partial charge in [0.2, 0.25) is 11.8 Å². The van der Waals surface area contributed by atoms with E-state index in [1.165, 1.54) is 0 Å². The minimum Gasteiger partial charge on any atom is -0.355 e. The van der Waals surface area contributed by atoms with Gasteiger partial charge in [-0.15, -0.1) is 0 Å². The number of nitrogens with one attached hydrogen (secondary N) is 2. The van der Waals surface area contributed by atoms with Crippen molar-refractivity contribution >= 4 is 11.8 Å². The zero-order valence-corrected chi connectivity index (χ0v) is 9.64. The molecule has 2 amide bonds. The minimum absolute atomic E-state index is 0.0143. The maximum absolute atomic E-state index is 11.8. The summed E-state index contributed by atoms with van der Waals surface area (Å²) in [5.41, 5.74) is 0. The molecule has 92 valence electrons. The Balaban J connectivity index is 1.79. The van der Waals surface area contributed by atoms with Crippen LogP contribution < -0.4 is 10.6 Å². The van der Waals surface area contributed by atoms with Crippen LogP contribution in [0.15, 0.2) is 6.33 Å². The Labute approximate surface area is 98.6 Å². The first kappa shape index (κ1) is 11.6. The minimum atomic E-state index is -0.142. The zero-order chi connectivity index (χ0) is 12.3. The highest BCUT2D eigenvalue weighted by Crippen LogP contribution is 2.10. The summed E-state index contributed by atoms with van der Waals surface area (Å²) in [7, 11) is 1.77. The van der Waals surface area contributed by atoms with Crippen molar-refractivity contribution in [2.24, 2.45) is 13.0 Å². The van der Waals surface area contributed by atoms with Crippen molar-refractivity contribution in [3.8, 4) is 0 Å². The second kappa shape index (κ2) is 4.94. The van der Waals surface area contributed by atoms with E-state index in [4.69, 9.17) is 0 Å². The molecule has 2 rings (SSSR count). The summed E-state index contributed by atoms with van der Waals surface area (Å²) in [4.78, 5) is 26.7. The average Bonchev–Trinajstić information content (AvgIpc) is 2.73. The van der Waals surface area contributed by atoms with E-state index in [1.54, 1.807) is 18.1 Å². The topological polar surface area (TPSA) is 88.9 Å². The molecule has 2 N–H and O–H groups in total. The van der Waals surface area contributed by atoms with Crippen LogP contribution in [-0.2, 0) is 23.2 Å². The van der Waals surface area contributed by atoms with Crippen molar-refractivity contribution in [2.75, 3.05) is 6.54 Å². The summed E-state index contributed by atoms with van der Waals surface area (Å²) in [6, 6.07) is 0. The molecule has 17 heavy (non-hydrogen) atoms. The Morgan fingerprint density at radius 2 is 2.53 bits per heavy atom. The van der Waals surface area contributed by atoms with Crippen LogP contribution in [0, 0.1) is 5.92 Å². The van der Waals surface area contributed by atoms with Gasteiger partial charge >= 0.3 is 0 Å². The monoisotopic (exact) mass is 237 g/mol. The molecule has 0 spiro atoms. The van der Waals surface area contributed by atoms with Crippen LogP contribution >= 0.6 is 0 Å². The molecule has 0 aliphatic carbocycles. The fraction of sp³-hybridized carbons (Fsp3) is 0.600. The Morgan fingerprint density at radius 1 is 1.71 bits per heavy atom. The zero-order valence-electron chi connectivity index (χ0n) is 9.64. The molecular weight excluding hydrogens is 222 g/mol. The lowest BCUT2D eigenvalue weighted by Crippen LogP contribution is -2.42. The lowest BCUT2D eigenvalue weighted by atomic mass is 9.98. The fourth-order valence-electron chi connectivity index (χ4n) is 1.73. The highest BCUT2D eigenvalue weighted by atomic mass is 16.2. The van der Waals surface area contributed by atoms with Gasteiger partial charge in [-0.05, 0) is 6.42 Å². The number of amides is 2. The largest absolute Gasteiger partial charge is 0.355 e. The number of nitrogens with zero attached hydrogens (tertiary/aromatic N) is 3. The van der Waals surface area contributed by atoms with E-state index in [2.05, 4.69) is 20.7 Å². The summed E-state index contributed by atoms with van der Waals surface area (Å²) in [6.45, 7) is 0.741. The first-order valence-corrected chi connectivity index (χ1v) is 5.54. The van der Waals surface area contributed by atoms with E-state index in [-0.39, 0.29) is 17.7 Å². The molecule has 2 heterocycles. The van der Waals surface area contributed by atoms with Gasteiger partial charge in [0.25, 0.3) is 0 Å². The molecule has 0 aromatic carbocycles. The van der Waals surface area contributed by atoms with Gasteiger partial charge in [-0.2, -0.15) is 5.10 Å². The number of carbonyl (C=O) groups is 2. The molecule has 7 nitrogen and oxygen atoms in total. The van der Waals surface area contributed by atoms with Crippen LogP contribution in [0.3, 0.4) is 0 Å². The molecule has 7 heteroatoms. The summed E-state index contributed by atoms with van der Waals surface area (Å²) in [6.07, 6.45) is 2.61. The van der Waals surface area contributed by atoms with Crippen molar-refractivity contribution in [3.63, 3.8) is 0 Å². The lowest BCUT2D eigenvalue weighted by Gasteiger charge is -2.21. The van der Waals surface area contributed by atoms with E-state index < -0.39 is 0 Å². The molecule has 1 saturated heterocycles. The third-order valence-electron chi connectivity index (χ3n) is 2.70. The highest BCUT2D eigenvalue weighted by Gasteiger charge is 2.24. The van der Waals surface area contributed by atoms with Gasteiger partial charge in [-0.3, -0.25) is 14.3 Å². The van der Waals surface area contributed by atoms with Gasteiger partial charge in [-0.25, -0.2) is 4.98 Å². The van der Waals surface area contributed by atoms with E-state index in [0.717, 1.165) is 0 Å². The quantitative estimate of drug-likeness (QED) is 0.702. The first-order valence-electron chi connectivity index (χ1n) is 5.54. The maximum atomic E-state index is 11.8. The van der Waals surface area contributed by atoms with E-state index in [0.29, 0.717) is 31.8 Å². The summed E-state index contributed by atoms with van der Waals surface area (Å²) >= 11 is 0. The number of hydrogen-bond donors (Lipinski definition) is 2. The Bertz CT molecular complexity index is 418. The number of aryl methyl sites for hydroxylation is 1. The molecule has 0 bridgehead atoms. The summed E-state index contributed by atoms with van der Waals surface area (Å²) in [5, 5.41) is 9.51. The predicted molar refractivity (Wildman–Crippen MR) is 58.6 cm³/mol. The number of rotatable bonds is 3. The third-order valence-corrected chi connectivity index (χ3v) is 2.70. The second-order valence-corrected chi connectivity index (χ2v) is 4.09. The first-order chi connectivity index (χ1) is 8.15. The van der Waals surface area contributed by atoms with Crippen molar-refractivity contribution in [2.45, 2.75) is 19.4 Å². The van der Waals surface area contributed by atoms with Crippen molar-refractivity contribution < 1.29 is 9.59 Å². The van der Waals surface area contributed by atoms with Gasteiger partial charge in [0.15, 0.2) is 5.82 Å². The van der Waals surface area contributed by atoms with Crippen LogP contribution in [0.25, 0.3) is 0 Å². The molecule has 0 radical (unpaired) electrons. The van der Waals surface area contributed by atoms with Crippen LogP contribution in [0.1, 0.15) is 18.7 Å². The molecule has 1 aliphatic rings. The van der Waals surface area contributed by atoms with Crippen molar-refractivity contribution in [1.29, 1.82) is 0 Å². The van der Waals surface area contributed by atoms with Crippen LogP contribution in [0.2, 0.25) is 0 Å². The Morgan fingerprint density at radius 3 is 3.12 bits per heavy atom. The summed E-state index contributed by atoms with van der Waals surface area (Å²) in [5.74, 6) is 0.398. The molecule has 1 aromatic heterocycles. The predicted octanol–water partition coefficient (Wildman–Crippen LogP) is -1.04. The normalized spacial score (nSPS) is 19.8. The Hall–Kier alpha value is -1.92. The molecule has 1 aliphatic heterocycles. The number of carbonyl (C=O) groups excluding carboxylic acids is 2. The van der Waals surface area contributed by atoms with Gasteiger partial charge < -0.3 is 10.6 Å². The van der Waals surface area contributed by atoms with Crippen LogP contribution in [-0.4, -0.2) is 33.1 Å². The molecule has 1 aromatic rings. The van der Waals surface area contributed by atoms with Gasteiger partial charge in [0.05, 0.1) is 12.5 Å². The van der Waals surface area contributed by atoms with E-state index in [1.807, 2.05) is 0 Å². The lowest BCUT2D eigenvalue weighted by molar-refractivity contribution is -0.129. The van der Waals surface area contributed by atoms with E-state index >= 15 is 0 Å². The van der Waals surface area contributed by atoms with Gasteiger partial charge in [-0.1, -0.05) is 0 Å². The molecule has 1 fully saturated rings. The number of piperidine rings is 1. The Kier molecular flexibility index (Phi) is 3.36. The SMILES string of the molecule is Cn1cnc(CNC(=O)C2CCC(=O)NC2)n1. The van der Waals surface area contributed by atoms with E-state index in [9.17, 15) is 9.59 Å². The molecular formula is C10H15N5O2. The molecule has 0 saturated carbocycles. The number of hydrogen-bond acceptors (Lipinski definition) is 4. The maximum Gasteiger partial charge on any atom is 0.225 e. The van der Waals surface area contributed by atoms with Gasteiger partial charge in [0, 0.05) is 20.0 Å². The average molecular weight is 237 g/mol. The summed E-state index contributed by atoms with van der Waals surface area (Å²) < 4.78 is 1.59. The van der Waals surface area contributed by atoms with Crippen LogP contribution in [0.4, 0.5) is 0 Å². The third kappa shape index (κ3) is 3.02. The standard InChI is InChI=1S/C10H15N5O2/c1-15-6-13-8(14-15)5-12-10(17)7-2-3-9(16)11-4-7/h6-7H,2-5H2,1H3,(H,11,16)(H,12,17).